The van der Waals surface area contributed by atoms with Gasteiger partial charge in [0.1, 0.15) is 17.8 Å². The molecule has 9 nitrogen and oxygen atoms in total. The molecule has 2 aromatic rings. The highest BCUT2D eigenvalue weighted by atomic mass is 19.1. The molecule has 1 aliphatic rings. The van der Waals surface area contributed by atoms with Gasteiger partial charge in [-0.15, -0.1) is 5.10 Å². The lowest BCUT2D eigenvalue weighted by atomic mass is 9.92. The van der Waals surface area contributed by atoms with E-state index in [-0.39, 0.29) is 23.6 Å². The van der Waals surface area contributed by atoms with Crippen LogP contribution in [-0.2, 0) is 4.74 Å². The largest absolute Gasteiger partial charge is 0.396 e. The highest BCUT2D eigenvalue weighted by molar-refractivity contribution is 5.59. The van der Waals surface area contributed by atoms with Gasteiger partial charge in [-0.3, -0.25) is 0 Å². The predicted molar refractivity (Wildman–Crippen MR) is 71.4 cm³/mol. The molecule has 0 aliphatic carbocycles. The van der Waals surface area contributed by atoms with Crippen LogP contribution in [-0.4, -0.2) is 66.0 Å². The number of aliphatic hydroxyl groups excluding tert-OH is 3. The summed E-state index contributed by atoms with van der Waals surface area (Å²) >= 11 is 0. The second-order valence-electron chi connectivity index (χ2n) is 5.31. The number of aliphatic hydroxyl groups is 3. The van der Waals surface area contributed by atoms with Crippen molar-refractivity contribution >= 4 is 11.5 Å². The minimum absolute atomic E-state index is 0.00724. The van der Waals surface area contributed by atoms with E-state index in [0.717, 1.165) is 4.52 Å². The third kappa shape index (κ3) is 2.32. The Morgan fingerprint density at radius 1 is 1.43 bits per heavy atom. The lowest BCUT2D eigenvalue weighted by molar-refractivity contribution is -0.123. The molecule has 2 aromatic heterocycles. The first-order chi connectivity index (χ1) is 10.9. The summed E-state index contributed by atoms with van der Waals surface area (Å²) < 4.78 is 34.3. The van der Waals surface area contributed by atoms with E-state index in [9.17, 15) is 19.0 Å². The Kier molecular flexibility index (Phi) is 3.88. The van der Waals surface area contributed by atoms with E-state index in [2.05, 4.69) is 15.1 Å². The Bertz CT molecular complexity index is 729. The fourth-order valence-corrected chi connectivity index (χ4v) is 2.76. The number of rotatable bonds is 4. The van der Waals surface area contributed by atoms with Crippen LogP contribution in [0.5, 0.6) is 0 Å². The van der Waals surface area contributed by atoms with Crippen molar-refractivity contribution < 1.29 is 28.8 Å². The van der Waals surface area contributed by atoms with E-state index >= 15 is 0 Å². The van der Waals surface area contributed by atoms with Crippen molar-refractivity contribution in [1.29, 1.82) is 0 Å². The van der Waals surface area contributed by atoms with E-state index < -0.39 is 43.3 Å². The minimum atomic E-state index is -1.94. The van der Waals surface area contributed by atoms with Gasteiger partial charge >= 0.3 is 6.08 Å². The van der Waals surface area contributed by atoms with Crippen molar-refractivity contribution in [2.24, 2.45) is 0 Å². The number of nitrogen functional groups attached to an aromatic ring is 1. The van der Waals surface area contributed by atoms with Crippen LogP contribution in [0, 0.1) is 6.08 Å². The van der Waals surface area contributed by atoms with Gasteiger partial charge in [-0.1, -0.05) is 0 Å². The number of anilines is 1. The first kappa shape index (κ1) is 15.9. The molecule has 126 valence electrons. The number of aromatic nitrogens is 4. The number of nitrogens with two attached hydrogens (primary N) is 1. The van der Waals surface area contributed by atoms with Crippen LogP contribution in [0.3, 0.4) is 0 Å². The van der Waals surface area contributed by atoms with Gasteiger partial charge in [0.2, 0.25) is 0 Å². The summed E-state index contributed by atoms with van der Waals surface area (Å²) in [7, 11) is 0. The average Bonchev–Trinajstić information content (AvgIpc) is 3.03. The first-order valence-electron chi connectivity index (χ1n) is 6.82. The highest BCUT2D eigenvalue weighted by Crippen LogP contribution is 2.43. The topological polar surface area (TPSA) is 139 Å². The van der Waals surface area contributed by atoms with E-state index in [1.54, 1.807) is 0 Å². The summed E-state index contributed by atoms with van der Waals surface area (Å²) in [6.07, 6.45) is -5.12. The van der Waals surface area contributed by atoms with Crippen LogP contribution in [0.2, 0.25) is 0 Å². The van der Waals surface area contributed by atoms with Crippen molar-refractivity contribution in [3.63, 3.8) is 0 Å². The molecule has 1 aliphatic heterocycles. The molecule has 0 radical (unpaired) electrons. The smallest absolute Gasteiger partial charge is 0.328 e. The Hall–Kier alpha value is -1.95. The van der Waals surface area contributed by atoms with E-state index in [4.69, 9.17) is 15.6 Å². The van der Waals surface area contributed by atoms with Crippen LogP contribution in [0.4, 0.5) is 14.6 Å². The number of hydrogen-bond donors (Lipinski definition) is 4. The Balaban J connectivity index is 2.06. The standard InChI is InChI=1S/C12H15F2N5O4/c13-6-7(23-12(4-21,1-2-20)8(6)22)5-3-16-10-9(15)17-11(14)18-19(5)10/h3,6-8,20-22H,1-2,4H2,(H2,15,17,18)/t6-,7-,8-,12-/m0/s1. The quantitative estimate of drug-likeness (QED) is 0.544. The summed E-state index contributed by atoms with van der Waals surface area (Å²) in [6, 6.07) is 0. The molecule has 11 heteroatoms. The second-order valence-corrected chi connectivity index (χ2v) is 5.31. The molecule has 0 unspecified atom stereocenters. The number of alkyl halides is 1. The Morgan fingerprint density at radius 3 is 2.83 bits per heavy atom. The Morgan fingerprint density at radius 2 is 2.17 bits per heavy atom. The zero-order chi connectivity index (χ0) is 16.8. The molecule has 1 saturated heterocycles. The third-order valence-corrected chi connectivity index (χ3v) is 3.97. The van der Waals surface area contributed by atoms with Crippen molar-refractivity contribution in [3.05, 3.63) is 18.0 Å². The molecule has 0 spiro atoms. The second kappa shape index (κ2) is 5.60. The van der Waals surface area contributed by atoms with Crippen LogP contribution < -0.4 is 5.73 Å². The van der Waals surface area contributed by atoms with Gasteiger partial charge in [-0.05, 0) is 0 Å². The molecular formula is C12H15F2N5O4. The molecule has 4 atom stereocenters. The van der Waals surface area contributed by atoms with Gasteiger partial charge in [0.15, 0.2) is 17.6 Å². The molecule has 3 heterocycles. The van der Waals surface area contributed by atoms with Gasteiger partial charge in [0.25, 0.3) is 0 Å². The zero-order valence-corrected chi connectivity index (χ0v) is 11.8. The maximum absolute atomic E-state index is 14.5. The summed E-state index contributed by atoms with van der Waals surface area (Å²) in [6.45, 7) is -1.12. The molecule has 0 aromatic carbocycles. The molecule has 5 N–H and O–H groups in total. The summed E-state index contributed by atoms with van der Waals surface area (Å²) in [5.74, 6) is -0.235. The predicted octanol–water partition coefficient (Wildman–Crippen LogP) is -1.27. The minimum Gasteiger partial charge on any atom is -0.396 e. The lowest BCUT2D eigenvalue weighted by Crippen LogP contribution is -2.46. The van der Waals surface area contributed by atoms with Gasteiger partial charge < -0.3 is 25.8 Å². The average molecular weight is 331 g/mol. The van der Waals surface area contributed by atoms with Crippen molar-refractivity contribution in [2.75, 3.05) is 18.9 Å². The fourth-order valence-electron chi connectivity index (χ4n) is 2.76. The van der Waals surface area contributed by atoms with Crippen LogP contribution in [0.25, 0.3) is 5.65 Å². The number of fused-ring (bicyclic) bond motifs is 1. The molecule has 0 amide bonds. The summed E-state index contributed by atoms with van der Waals surface area (Å²) in [4.78, 5) is 7.20. The molecular weight excluding hydrogens is 316 g/mol. The number of hydrogen-bond acceptors (Lipinski definition) is 8. The SMILES string of the molecule is Nc1nc(F)nn2c([C@@H]3O[C@](CO)(CCO)[C@@H](O)[C@H]3F)cnc12. The first-order valence-corrected chi connectivity index (χ1v) is 6.82. The molecule has 1 fully saturated rings. The van der Waals surface area contributed by atoms with E-state index in [0.29, 0.717) is 0 Å². The molecule has 0 bridgehead atoms. The molecule has 23 heavy (non-hydrogen) atoms. The highest BCUT2D eigenvalue weighted by Gasteiger charge is 2.55. The summed E-state index contributed by atoms with van der Waals surface area (Å²) in [5.41, 5.74) is 3.88. The fraction of sp³-hybridized carbons (Fsp3) is 0.583. The lowest BCUT2D eigenvalue weighted by Gasteiger charge is -2.28. The normalized spacial score (nSPS) is 31.1. The molecule has 0 saturated carbocycles. The van der Waals surface area contributed by atoms with Gasteiger partial charge in [-0.2, -0.15) is 9.37 Å². The van der Waals surface area contributed by atoms with Gasteiger partial charge in [0.05, 0.1) is 18.5 Å². The van der Waals surface area contributed by atoms with E-state index in [1.165, 1.54) is 6.20 Å². The van der Waals surface area contributed by atoms with Crippen molar-refractivity contribution in [1.82, 2.24) is 19.6 Å². The number of nitrogens with zero attached hydrogens (tertiary/aromatic N) is 4. The van der Waals surface area contributed by atoms with Crippen molar-refractivity contribution in [2.45, 2.75) is 30.4 Å². The van der Waals surface area contributed by atoms with Gasteiger partial charge in [0, 0.05) is 13.0 Å². The van der Waals surface area contributed by atoms with Crippen LogP contribution >= 0.6 is 0 Å². The third-order valence-electron chi connectivity index (χ3n) is 3.97. The number of imidazole rings is 1. The Labute approximate surface area is 128 Å². The maximum Gasteiger partial charge on any atom is 0.328 e. The van der Waals surface area contributed by atoms with Crippen LogP contribution in [0.1, 0.15) is 18.2 Å². The summed E-state index contributed by atoms with van der Waals surface area (Å²) in [5, 5.41) is 32.1. The molecule has 3 rings (SSSR count). The zero-order valence-electron chi connectivity index (χ0n) is 11.8. The number of halogens is 2. The van der Waals surface area contributed by atoms with Crippen LogP contribution in [0.15, 0.2) is 6.20 Å². The van der Waals surface area contributed by atoms with Crippen molar-refractivity contribution in [3.8, 4) is 0 Å². The van der Waals surface area contributed by atoms with Gasteiger partial charge in [-0.25, -0.2) is 13.9 Å². The number of ether oxygens (including phenoxy) is 1. The monoisotopic (exact) mass is 331 g/mol. The van der Waals surface area contributed by atoms with E-state index in [1.807, 2.05) is 0 Å². The maximum atomic E-state index is 14.5.